The molecule has 202 valence electrons. The number of nitrogens with zero attached hydrogens (tertiary/aromatic N) is 1. The van der Waals surface area contributed by atoms with Gasteiger partial charge >= 0.3 is 5.97 Å². The van der Waals surface area contributed by atoms with E-state index in [-0.39, 0.29) is 16.9 Å². The normalized spacial score (nSPS) is 15.4. The first-order chi connectivity index (χ1) is 18.6. The van der Waals surface area contributed by atoms with Crippen molar-refractivity contribution < 1.29 is 23.5 Å². The lowest BCUT2D eigenvalue weighted by molar-refractivity contribution is 0.0696. The van der Waals surface area contributed by atoms with Crippen molar-refractivity contribution in [2.24, 2.45) is 16.3 Å². The minimum Gasteiger partial charge on any atom is -0.478 e. The van der Waals surface area contributed by atoms with Crippen LogP contribution >= 0.6 is 11.3 Å². The number of hydrogen-bond acceptors (Lipinski definition) is 6. The fourth-order valence-electron chi connectivity index (χ4n) is 5.13. The Hall–Kier alpha value is -3.91. The number of thiophene rings is 1. The maximum absolute atomic E-state index is 13.4. The topological polar surface area (TPSA) is 105 Å². The Balaban J connectivity index is 1.44. The zero-order valence-electron chi connectivity index (χ0n) is 22.5. The van der Waals surface area contributed by atoms with E-state index in [9.17, 15) is 14.7 Å². The highest BCUT2D eigenvalue weighted by molar-refractivity contribution is 7.16. The highest BCUT2D eigenvalue weighted by Gasteiger charge is 2.33. The molecule has 1 aliphatic rings. The number of benzene rings is 1. The van der Waals surface area contributed by atoms with E-state index in [2.05, 4.69) is 26.1 Å². The Morgan fingerprint density at radius 1 is 1.18 bits per heavy atom. The summed E-state index contributed by atoms with van der Waals surface area (Å²) >= 11 is 1.57. The number of aromatic carboxylic acids is 1. The Bertz CT molecular complexity index is 1540. The zero-order valence-corrected chi connectivity index (χ0v) is 23.4. The predicted molar refractivity (Wildman–Crippen MR) is 152 cm³/mol. The molecule has 2 N–H and O–H groups in total. The molecule has 39 heavy (non-hydrogen) atoms. The molecule has 0 saturated carbocycles. The van der Waals surface area contributed by atoms with E-state index in [1.807, 2.05) is 12.1 Å². The number of carboxylic acid groups (broad SMARTS) is 1. The van der Waals surface area contributed by atoms with Gasteiger partial charge in [0.1, 0.15) is 22.3 Å². The molecule has 0 fully saturated rings. The van der Waals surface area contributed by atoms with Crippen LogP contribution in [0, 0.1) is 18.3 Å². The van der Waals surface area contributed by atoms with Crippen LogP contribution in [0.2, 0.25) is 0 Å². The van der Waals surface area contributed by atoms with Crippen molar-refractivity contribution >= 4 is 34.4 Å². The lowest BCUT2D eigenvalue weighted by Gasteiger charge is -2.33. The molecule has 8 heteroatoms. The second-order valence-corrected chi connectivity index (χ2v) is 12.1. The highest BCUT2D eigenvalue weighted by Crippen LogP contribution is 2.45. The summed E-state index contributed by atoms with van der Waals surface area (Å²) in [5.74, 6) is 1.17. The second kappa shape index (κ2) is 10.7. The van der Waals surface area contributed by atoms with Gasteiger partial charge in [0, 0.05) is 10.4 Å². The van der Waals surface area contributed by atoms with E-state index in [0.717, 1.165) is 24.8 Å². The van der Waals surface area contributed by atoms with Gasteiger partial charge in [-0.2, -0.15) is 0 Å². The third kappa shape index (κ3) is 5.61. The smallest absolute Gasteiger partial charge is 0.335 e. The molecule has 1 amide bonds. The number of hydrogen-bond donors (Lipinski definition) is 2. The van der Waals surface area contributed by atoms with Gasteiger partial charge in [-0.15, -0.1) is 11.3 Å². The van der Waals surface area contributed by atoms with Gasteiger partial charge < -0.3 is 19.3 Å². The number of amides is 1. The van der Waals surface area contributed by atoms with Gasteiger partial charge in [-0.05, 0) is 79.0 Å². The van der Waals surface area contributed by atoms with Gasteiger partial charge in [-0.1, -0.05) is 32.9 Å². The lowest BCUT2D eigenvalue weighted by atomic mass is 9.72. The molecule has 3 aromatic heterocycles. The molecule has 0 unspecified atom stereocenters. The molecular formula is C31H32N2O5S. The molecule has 0 saturated heterocycles. The molecule has 5 rings (SSSR count). The van der Waals surface area contributed by atoms with Crippen LogP contribution in [-0.4, -0.2) is 23.2 Å². The maximum Gasteiger partial charge on any atom is 0.335 e. The molecule has 0 bridgehead atoms. The molecule has 1 aromatic carbocycles. The van der Waals surface area contributed by atoms with Gasteiger partial charge in [0.15, 0.2) is 0 Å². The van der Waals surface area contributed by atoms with Crippen molar-refractivity contribution in [2.75, 3.05) is 0 Å². The first kappa shape index (κ1) is 26.7. The predicted octanol–water partition coefficient (Wildman–Crippen LogP) is 7.44. The van der Waals surface area contributed by atoms with Crippen LogP contribution in [-0.2, 0) is 19.4 Å². The van der Waals surface area contributed by atoms with E-state index in [0.29, 0.717) is 51.4 Å². The number of carbonyl (C=O) groups is 2. The third-order valence-corrected chi connectivity index (χ3v) is 8.63. The van der Waals surface area contributed by atoms with Crippen molar-refractivity contribution in [3.05, 3.63) is 87.4 Å². The van der Waals surface area contributed by atoms with Crippen LogP contribution < -0.4 is 5.32 Å². The summed E-state index contributed by atoms with van der Waals surface area (Å²) in [5, 5.41) is 13.1. The summed E-state index contributed by atoms with van der Waals surface area (Å²) in [6, 6.07) is 12.4. The average molecular weight is 545 g/mol. The summed E-state index contributed by atoms with van der Waals surface area (Å²) in [6.07, 6.45) is 6.03. The maximum atomic E-state index is 13.4. The van der Waals surface area contributed by atoms with Crippen molar-refractivity contribution in [1.29, 1.82) is 0 Å². The van der Waals surface area contributed by atoms with Crippen molar-refractivity contribution in [3.63, 3.8) is 0 Å². The van der Waals surface area contributed by atoms with E-state index in [4.69, 9.17) is 13.8 Å². The SMILES string of the molecule is Cc1c(C(=O)O)cccc1-c1ccc(C=Nc2sc3c(c2C(=O)NCc2ccco2)CC[C@H](C(C)(C)C)C3)o1. The minimum atomic E-state index is -0.976. The minimum absolute atomic E-state index is 0.161. The number of rotatable bonds is 7. The first-order valence-electron chi connectivity index (χ1n) is 13.0. The zero-order chi connectivity index (χ0) is 27.7. The number of fused-ring (bicyclic) bond motifs is 1. The summed E-state index contributed by atoms with van der Waals surface area (Å²) in [5.41, 5.74) is 3.49. The number of carboxylic acids is 1. The van der Waals surface area contributed by atoms with Gasteiger partial charge in [0.25, 0.3) is 5.91 Å². The van der Waals surface area contributed by atoms with Gasteiger partial charge in [0.05, 0.1) is 30.1 Å². The Morgan fingerprint density at radius 2 is 2.00 bits per heavy atom. The standard InChI is InChI=1S/C31H32N2O5S/c1-18-22(8-5-9-23(18)30(35)36)25-13-11-21(38-25)17-33-29-27(28(34)32-16-20-7-6-14-37-20)24-12-10-19(31(2,3)4)15-26(24)39-29/h5-9,11,13-14,17,19H,10,12,15-16H2,1-4H3,(H,32,34)(H,35,36)/t19-/m0/s1. The Labute approximate surface area is 231 Å². The largest absolute Gasteiger partial charge is 0.478 e. The molecule has 7 nitrogen and oxygen atoms in total. The van der Waals surface area contributed by atoms with E-state index < -0.39 is 5.97 Å². The Morgan fingerprint density at radius 3 is 2.72 bits per heavy atom. The molecule has 0 spiro atoms. The molecule has 0 aliphatic heterocycles. The second-order valence-electron chi connectivity index (χ2n) is 11.0. The van der Waals surface area contributed by atoms with E-state index in [1.54, 1.807) is 61.1 Å². The fraction of sp³-hybridized carbons (Fsp3) is 0.323. The fourth-order valence-corrected chi connectivity index (χ4v) is 6.40. The Kier molecular flexibility index (Phi) is 7.32. The molecule has 0 radical (unpaired) electrons. The van der Waals surface area contributed by atoms with Crippen molar-refractivity contribution in [2.45, 2.75) is 53.5 Å². The molecule has 3 heterocycles. The van der Waals surface area contributed by atoms with E-state index >= 15 is 0 Å². The number of nitrogens with one attached hydrogen (secondary N) is 1. The van der Waals surface area contributed by atoms with Crippen LogP contribution in [0.1, 0.15) is 75.4 Å². The van der Waals surface area contributed by atoms with E-state index in [1.165, 1.54) is 4.88 Å². The summed E-state index contributed by atoms with van der Waals surface area (Å²) in [7, 11) is 0. The van der Waals surface area contributed by atoms with Crippen LogP contribution in [0.5, 0.6) is 0 Å². The number of aliphatic imine (C=N–C) groups is 1. The average Bonchev–Trinajstić information content (AvgIpc) is 3.65. The monoisotopic (exact) mass is 544 g/mol. The van der Waals surface area contributed by atoms with Gasteiger partial charge in [-0.25, -0.2) is 9.79 Å². The van der Waals surface area contributed by atoms with Gasteiger partial charge in [-0.3, -0.25) is 4.79 Å². The van der Waals surface area contributed by atoms with Crippen molar-refractivity contribution in [3.8, 4) is 11.3 Å². The quantitative estimate of drug-likeness (QED) is 0.235. The molecule has 1 aliphatic carbocycles. The van der Waals surface area contributed by atoms with Gasteiger partial charge in [0.2, 0.25) is 0 Å². The summed E-state index contributed by atoms with van der Waals surface area (Å²) in [6.45, 7) is 8.89. The summed E-state index contributed by atoms with van der Waals surface area (Å²) < 4.78 is 11.4. The van der Waals surface area contributed by atoms with Crippen LogP contribution in [0.25, 0.3) is 11.3 Å². The van der Waals surface area contributed by atoms with Crippen LogP contribution in [0.3, 0.4) is 0 Å². The highest BCUT2D eigenvalue weighted by atomic mass is 32.1. The first-order valence-corrected chi connectivity index (χ1v) is 13.9. The molecule has 4 aromatic rings. The molecular weight excluding hydrogens is 512 g/mol. The molecule has 1 atom stereocenters. The summed E-state index contributed by atoms with van der Waals surface area (Å²) in [4.78, 5) is 30.9. The third-order valence-electron chi connectivity index (χ3n) is 7.47. The number of carbonyl (C=O) groups excluding carboxylic acids is 1. The lowest BCUT2D eigenvalue weighted by Crippen LogP contribution is -2.28. The van der Waals surface area contributed by atoms with Crippen molar-refractivity contribution in [1.82, 2.24) is 5.32 Å². The van der Waals surface area contributed by atoms with Crippen LogP contribution in [0.4, 0.5) is 5.00 Å². The number of furan rings is 2. The van der Waals surface area contributed by atoms with Crippen LogP contribution in [0.15, 0.2) is 62.6 Å².